The molecule has 14 heavy (non-hydrogen) atoms. The molecule has 5 heteroatoms. The summed E-state index contributed by atoms with van der Waals surface area (Å²) in [6.45, 7) is 12.0. The van der Waals surface area contributed by atoms with Crippen LogP contribution < -0.4 is 0 Å². The van der Waals surface area contributed by atoms with Crippen molar-refractivity contribution in [3.8, 4) is 0 Å². The minimum atomic E-state index is -1.91. The molecule has 0 aromatic rings. The van der Waals surface area contributed by atoms with Crippen molar-refractivity contribution in [2.45, 2.75) is 59.9 Å². The minimum Gasteiger partial charge on any atom is -0.452 e. The molecule has 0 bridgehead atoms. The molecule has 0 aliphatic rings. The first-order valence-corrected chi connectivity index (χ1v) is 6.29. The first-order chi connectivity index (χ1) is 5.91. The van der Waals surface area contributed by atoms with E-state index in [2.05, 4.69) is 0 Å². The molecule has 0 aromatic heterocycles. The summed E-state index contributed by atoms with van der Waals surface area (Å²) >= 11 is -1.91. The first kappa shape index (κ1) is 17.4. The van der Waals surface area contributed by atoms with Gasteiger partial charge in [0.25, 0.3) is 0 Å². The van der Waals surface area contributed by atoms with Crippen molar-refractivity contribution in [2.75, 3.05) is 0 Å². The molecule has 0 aliphatic heterocycles. The minimum absolute atomic E-state index is 0. The third-order valence-electron chi connectivity index (χ3n) is 1.15. The summed E-state index contributed by atoms with van der Waals surface area (Å²) in [5.41, 5.74) is 0. The maximum absolute atomic E-state index is 5.57. The third-order valence-corrected chi connectivity index (χ3v) is 3.45. The van der Waals surface area contributed by atoms with Crippen LogP contribution in [0, 0.1) is 0 Å². The Hall–Kier alpha value is 1.01. The Morgan fingerprint density at radius 1 is 0.643 bits per heavy atom. The molecule has 0 saturated heterocycles. The smallest absolute Gasteiger partial charge is 0.452 e. The maximum atomic E-state index is 5.57. The van der Waals surface area contributed by atoms with Crippen LogP contribution in [-0.2, 0) is 11.4 Å². The van der Waals surface area contributed by atoms with Gasteiger partial charge in [-0.05, 0) is 41.5 Å². The molecule has 0 unspecified atom stereocenters. The molecule has 0 atom stereocenters. The van der Waals surface area contributed by atoms with Crippen LogP contribution in [0.1, 0.15) is 41.5 Å². The van der Waals surface area contributed by atoms with E-state index in [1.807, 2.05) is 41.5 Å². The van der Waals surface area contributed by atoms with Crippen LogP contribution in [0.2, 0.25) is 0 Å². The van der Waals surface area contributed by atoms with Crippen molar-refractivity contribution in [3.05, 3.63) is 0 Å². The van der Waals surface area contributed by atoms with Crippen LogP contribution in [0.3, 0.4) is 0 Å². The van der Waals surface area contributed by atoms with E-state index in [1.165, 1.54) is 0 Å². The topological polar surface area (TPSA) is 27.7 Å². The maximum Gasteiger partial charge on any atom is 0.906 e. The second-order valence-corrected chi connectivity index (χ2v) is 5.24. The molecule has 0 saturated carbocycles. The summed E-state index contributed by atoms with van der Waals surface area (Å²) in [5.74, 6) is 0. The van der Waals surface area contributed by atoms with Gasteiger partial charge in [0.2, 0.25) is 0 Å². The standard InChI is InChI=1S/3C3H7O.Al.Li/c3*1-3(2)4;;/h3*3H,1-2H3;;/q3*-1;+3;. The zero-order chi connectivity index (χ0) is 10.4. The average molecular weight is 211 g/mol. The van der Waals surface area contributed by atoms with Crippen molar-refractivity contribution in [2.24, 2.45) is 0 Å². The number of hydrogen-bond donors (Lipinski definition) is 0. The predicted molar refractivity (Wildman–Crippen MR) is 60.2 cm³/mol. The molecule has 0 amide bonds. The van der Waals surface area contributed by atoms with Crippen LogP contribution in [0.15, 0.2) is 0 Å². The molecule has 0 heterocycles. The normalized spacial score (nSPS) is 10.9. The summed E-state index contributed by atoms with van der Waals surface area (Å²) in [6, 6.07) is 0. The first-order valence-electron chi connectivity index (χ1n) is 4.88. The third kappa shape index (κ3) is 11.1. The Kier molecular flexibility index (Phi) is 11.5. The van der Waals surface area contributed by atoms with Gasteiger partial charge in [-0.3, -0.25) is 0 Å². The van der Waals surface area contributed by atoms with E-state index in [9.17, 15) is 0 Å². The van der Waals surface area contributed by atoms with Gasteiger partial charge in [0.1, 0.15) is 0 Å². The van der Waals surface area contributed by atoms with Crippen LogP contribution in [0.25, 0.3) is 0 Å². The summed E-state index contributed by atoms with van der Waals surface area (Å²) < 4.78 is 16.7. The molecule has 1 radical (unpaired) electrons. The van der Waals surface area contributed by atoms with Gasteiger partial charge in [-0.15, -0.1) is 0 Å². The summed E-state index contributed by atoms with van der Waals surface area (Å²) in [4.78, 5) is 0. The molecule has 0 rings (SSSR count). The quantitative estimate of drug-likeness (QED) is 0.628. The van der Waals surface area contributed by atoms with Gasteiger partial charge in [0.15, 0.2) is 0 Å². The molecule has 79 valence electrons. The Balaban J connectivity index is 0. The van der Waals surface area contributed by atoms with Gasteiger partial charge < -0.3 is 11.4 Å². The van der Waals surface area contributed by atoms with Crippen LogP contribution in [0.4, 0.5) is 0 Å². The van der Waals surface area contributed by atoms with Crippen LogP contribution >= 0.6 is 0 Å². The Morgan fingerprint density at radius 2 is 0.857 bits per heavy atom. The zero-order valence-corrected chi connectivity index (χ0v) is 11.7. The Morgan fingerprint density at radius 3 is 1.00 bits per heavy atom. The van der Waals surface area contributed by atoms with Crippen molar-refractivity contribution in [3.63, 3.8) is 0 Å². The molecule has 0 aliphatic carbocycles. The summed E-state index contributed by atoms with van der Waals surface area (Å²) in [5, 5.41) is 0. The molecule has 0 spiro atoms. The van der Waals surface area contributed by atoms with Crippen LogP contribution in [0.5, 0.6) is 0 Å². The zero-order valence-electron chi connectivity index (χ0n) is 10.5. The second kappa shape index (κ2) is 9.25. The van der Waals surface area contributed by atoms with E-state index in [0.717, 1.165) is 0 Å². The van der Waals surface area contributed by atoms with E-state index in [1.54, 1.807) is 0 Å². The predicted octanol–water partition coefficient (Wildman–Crippen LogP) is 1.87. The van der Waals surface area contributed by atoms with Crippen LogP contribution in [-0.4, -0.2) is 52.3 Å². The van der Waals surface area contributed by atoms with Crippen molar-refractivity contribution < 1.29 is 11.4 Å². The van der Waals surface area contributed by atoms with Gasteiger partial charge >= 0.3 is 15.1 Å². The molecular weight excluding hydrogens is 190 g/mol. The fraction of sp³-hybridized carbons (Fsp3) is 1.00. The van der Waals surface area contributed by atoms with E-state index in [4.69, 9.17) is 11.4 Å². The molecule has 0 N–H and O–H groups in total. The van der Waals surface area contributed by atoms with E-state index in [-0.39, 0.29) is 37.2 Å². The number of rotatable bonds is 6. The SMILES string of the molecule is CC(C)[O][Al]([O]C(C)C)[O]C(C)C.[Li]. The average Bonchev–Trinajstić information content (AvgIpc) is 1.80. The monoisotopic (exact) mass is 211 g/mol. The summed E-state index contributed by atoms with van der Waals surface area (Å²) in [7, 11) is 0. The Labute approximate surface area is 105 Å². The number of hydrogen-bond acceptors (Lipinski definition) is 3. The molecule has 3 nitrogen and oxygen atoms in total. The van der Waals surface area contributed by atoms with Gasteiger partial charge in [-0.2, -0.15) is 0 Å². The van der Waals surface area contributed by atoms with Crippen molar-refractivity contribution in [1.29, 1.82) is 0 Å². The fourth-order valence-electron chi connectivity index (χ4n) is 0.763. The molecule has 0 aromatic carbocycles. The fourth-order valence-corrected chi connectivity index (χ4v) is 2.29. The van der Waals surface area contributed by atoms with Crippen molar-refractivity contribution >= 4 is 34.0 Å². The van der Waals surface area contributed by atoms with E-state index >= 15 is 0 Å². The molecule has 0 fully saturated rings. The van der Waals surface area contributed by atoms with Gasteiger partial charge in [-0.25, -0.2) is 0 Å². The van der Waals surface area contributed by atoms with Gasteiger partial charge in [0, 0.05) is 37.2 Å². The van der Waals surface area contributed by atoms with Gasteiger partial charge in [-0.1, -0.05) is 0 Å². The van der Waals surface area contributed by atoms with E-state index < -0.39 is 15.1 Å². The second-order valence-electron chi connectivity index (χ2n) is 3.84. The van der Waals surface area contributed by atoms with Crippen molar-refractivity contribution in [1.82, 2.24) is 0 Å². The largest absolute Gasteiger partial charge is 0.906 e. The summed E-state index contributed by atoms with van der Waals surface area (Å²) in [6.07, 6.45) is 0.525. The van der Waals surface area contributed by atoms with Gasteiger partial charge in [0.05, 0.1) is 0 Å². The van der Waals surface area contributed by atoms with E-state index in [0.29, 0.717) is 0 Å². The Bertz CT molecular complexity index is 107. The molecular formula is C9H21AlLiO3.